The Morgan fingerprint density at radius 3 is 2.96 bits per heavy atom. The van der Waals surface area contributed by atoms with Gasteiger partial charge in [-0.25, -0.2) is 9.97 Å². The van der Waals surface area contributed by atoms with Gasteiger partial charge in [0.25, 0.3) is 0 Å². The number of hydrogen-bond acceptors (Lipinski definition) is 6. The first kappa shape index (κ1) is 15.0. The second kappa shape index (κ2) is 5.64. The molecule has 3 fully saturated rings. The Bertz CT molecular complexity index is 772. The maximum absolute atomic E-state index is 6.11. The van der Waals surface area contributed by atoms with Crippen molar-refractivity contribution in [2.75, 3.05) is 25.0 Å². The summed E-state index contributed by atoms with van der Waals surface area (Å²) < 4.78 is 6.11. The maximum atomic E-state index is 6.11. The first-order valence-electron chi connectivity index (χ1n) is 9.02. The van der Waals surface area contributed by atoms with Crippen molar-refractivity contribution < 1.29 is 4.74 Å². The summed E-state index contributed by atoms with van der Waals surface area (Å²) >= 11 is 1.76. The third-order valence-corrected chi connectivity index (χ3v) is 7.01. The van der Waals surface area contributed by atoms with Crippen LogP contribution in [0.25, 0.3) is 10.2 Å². The van der Waals surface area contributed by atoms with E-state index in [4.69, 9.17) is 4.74 Å². The summed E-state index contributed by atoms with van der Waals surface area (Å²) in [5, 5.41) is 4.92. The zero-order valence-corrected chi connectivity index (χ0v) is 15.1. The highest BCUT2D eigenvalue weighted by Crippen LogP contribution is 2.38. The van der Waals surface area contributed by atoms with Crippen LogP contribution in [0, 0.1) is 19.8 Å². The zero-order valence-electron chi connectivity index (χ0n) is 14.3. The van der Waals surface area contributed by atoms with Crippen molar-refractivity contribution in [2.24, 2.45) is 5.92 Å². The molecule has 128 valence electrons. The Hall–Kier alpha value is -1.24. The Balaban J connectivity index is 1.34. The summed E-state index contributed by atoms with van der Waals surface area (Å²) in [5.74, 6) is 1.84. The number of aromatic nitrogens is 2. The number of aryl methyl sites for hydroxylation is 2. The van der Waals surface area contributed by atoms with E-state index in [0.717, 1.165) is 42.7 Å². The average Bonchev–Trinajstić information content (AvgIpc) is 3.28. The Morgan fingerprint density at radius 2 is 2.12 bits per heavy atom. The highest BCUT2D eigenvalue weighted by Gasteiger charge is 2.42. The second-order valence-corrected chi connectivity index (χ2v) is 8.78. The van der Waals surface area contributed by atoms with Crippen LogP contribution in [0.5, 0.6) is 0 Å². The largest absolute Gasteiger partial charge is 0.375 e. The number of fused-ring (bicyclic) bond motifs is 2. The van der Waals surface area contributed by atoms with Crippen LogP contribution < -0.4 is 5.32 Å². The van der Waals surface area contributed by atoms with E-state index in [2.05, 4.69) is 34.0 Å². The summed E-state index contributed by atoms with van der Waals surface area (Å²) in [7, 11) is 0. The molecule has 2 saturated heterocycles. The average molecular weight is 344 g/mol. The third kappa shape index (κ3) is 2.52. The molecule has 0 amide bonds. The molecule has 1 N–H and O–H groups in total. The summed E-state index contributed by atoms with van der Waals surface area (Å²) in [6.07, 6.45) is 6.04. The lowest BCUT2D eigenvalue weighted by atomic mass is 10.1. The minimum Gasteiger partial charge on any atom is -0.375 e. The number of anilines is 1. The van der Waals surface area contributed by atoms with Crippen LogP contribution in [-0.4, -0.2) is 52.8 Å². The number of morpholine rings is 1. The molecule has 3 aliphatic rings. The molecule has 4 heterocycles. The molecular formula is C18H24N4OS. The summed E-state index contributed by atoms with van der Waals surface area (Å²) in [6.45, 7) is 7.45. The van der Waals surface area contributed by atoms with Gasteiger partial charge >= 0.3 is 0 Å². The van der Waals surface area contributed by atoms with Crippen molar-refractivity contribution in [1.82, 2.24) is 14.9 Å². The van der Waals surface area contributed by atoms with Gasteiger partial charge in [0.05, 0.1) is 18.1 Å². The van der Waals surface area contributed by atoms with Crippen LogP contribution in [-0.2, 0) is 4.74 Å². The molecule has 5 nitrogen and oxygen atoms in total. The molecule has 2 aliphatic heterocycles. The minimum atomic E-state index is 0.453. The first-order chi connectivity index (χ1) is 11.7. The summed E-state index contributed by atoms with van der Waals surface area (Å²) in [5.41, 5.74) is 1.31. The fourth-order valence-electron chi connectivity index (χ4n) is 4.24. The van der Waals surface area contributed by atoms with Crippen LogP contribution in [0.4, 0.5) is 5.82 Å². The lowest BCUT2D eigenvalue weighted by molar-refractivity contribution is -0.0581. The quantitative estimate of drug-likeness (QED) is 0.928. The Kier molecular flexibility index (Phi) is 3.54. The van der Waals surface area contributed by atoms with Gasteiger partial charge in [0.2, 0.25) is 0 Å². The molecule has 1 aliphatic carbocycles. The topological polar surface area (TPSA) is 50.3 Å². The molecular weight excluding hydrogens is 320 g/mol. The van der Waals surface area contributed by atoms with E-state index in [-0.39, 0.29) is 0 Å². The van der Waals surface area contributed by atoms with Gasteiger partial charge in [-0.3, -0.25) is 4.90 Å². The smallest absolute Gasteiger partial charge is 0.138 e. The van der Waals surface area contributed by atoms with Gasteiger partial charge in [-0.15, -0.1) is 11.3 Å². The Labute approximate surface area is 146 Å². The van der Waals surface area contributed by atoms with Crippen LogP contribution >= 0.6 is 11.3 Å². The van der Waals surface area contributed by atoms with Crippen molar-refractivity contribution in [1.29, 1.82) is 0 Å². The number of nitrogens with one attached hydrogen (secondary N) is 1. The number of thiophene rings is 1. The molecule has 3 atom stereocenters. The molecule has 0 spiro atoms. The summed E-state index contributed by atoms with van der Waals surface area (Å²) in [4.78, 5) is 14.1. The van der Waals surface area contributed by atoms with Crippen LogP contribution in [0.1, 0.15) is 29.7 Å². The van der Waals surface area contributed by atoms with Gasteiger partial charge < -0.3 is 10.1 Å². The van der Waals surface area contributed by atoms with Gasteiger partial charge in [0, 0.05) is 30.1 Å². The molecule has 2 aromatic rings. The molecule has 0 bridgehead atoms. The van der Waals surface area contributed by atoms with Crippen molar-refractivity contribution in [3.63, 3.8) is 0 Å². The van der Waals surface area contributed by atoms with Crippen molar-refractivity contribution in [2.45, 2.75) is 51.3 Å². The summed E-state index contributed by atoms with van der Waals surface area (Å²) in [6, 6.07) is 1.02. The van der Waals surface area contributed by atoms with Crippen LogP contribution in [0.15, 0.2) is 6.33 Å². The van der Waals surface area contributed by atoms with Gasteiger partial charge in [0.1, 0.15) is 17.0 Å². The lowest BCUT2D eigenvalue weighted by Crippen LogP contribution is -2.47. The number of hydrogen-bond donors (Lipinski definition) is 1. The highest BCUT2D eigenvalue weighted by molar-refractivity contribution is 7.18. The van der Waals surface area contributed by atoms with E-state index < -0.39 is 0 Å². The number of rotatable bonds is 3. The van der Waals surface area contributed by atoms with Crippen molar-refractivity contribution in [3.05, 3.63) is 16.8 Å². The van der Waals surface area contributed by atoms with Crippen molar-refractivity contribution >= 4 is 27.4 Å². The standard InChI is InChI=1S/C18H24N4OS/c1-10-11(2)24-18-16(10)17(19-9-20-18)21-13-5-14-8-23-15(12-3-4-12)7-22(14)6-13/h9,12-15H,3-8H2,1-2H3,(H,19,20,21)/t13-,14+,15+/m1/s1. The van der Waals surface area contributed by atoms with Gasteiger partial charge in [-0.05, 0) is 44.6 Å². The minimum absolute atomic E-state index is 0.453. The SMILES string of the molecule is Cc1sc2ncnc(N[C@@H]3C[C@H]4CO[C@H](C5CC5)CN4C3)c2c1C. The first-order valence-corrected chi connectivity index (χ1v) is 9.83. The molecule has 2 aromatic heterocycles. The maximum Gasteiger partial charge on any atom is 0.138 e. The van der Waals surface area contributed by atoms with E-state index in [1.165, 1.54) is 28.7 Å². The zero-order chi connectivity index (χ0) is 16.3. The molecule has 0 aromatic carbocycles. The van der Waals surface area contributed by atoms with Gasteiger partial charge in [0.15, 0.2) is 0 Å². The van der Waals surface area contributed by atoms with E-state index >= 15 is 0 Å². The molecule has 0 unspecified atom stereocenters. The van der Waals surface area contributed by atoms with E-state index in [9.17, 15) is 0 Å². The normalized spacial score (nSPS) is 30.7. The molecule has 5 rings (SSSR count). The third-order valence-electron chi connectivity index (χ3n) is 5.90. The fraction of sp³-hybridized carbons (Fsp3) is 0.667. The fourth-order valence-corrected chi connectivity index (χ4v) is 5.24. The van der Waals surface area contributed by atoms with E-state index in [0.29, 0.717) is 18.2 Å². The monoisotopic (exact) mass is 344 g/mol. The predicted octanol–water partition coefficient (Wildman–Crippen LogP) is 2.97. The second-order valence-electron chi connectivity index (χ2n) is 7.58. The number of nitrogens with zero attached hydrogens (tertiary/aromatic N) is 3. The molecule has 24 heavy (non-hydrogen) atoms. The van der Waals surface area contributed by atoms with Crippen LogP contribution in [0.2, 0.25) is 0 Å². The lowest BCUT2D eigenvalue weighted by Gasteiger charge is -2.35. The molecule has 0 radical (unpaired) electrons. The highest BCUT2D eigenvalue weighted by atomic mass is 32.1. The van der Waals surface area contributed by atoms with Crippen LogP contribution in [0.3, 0.4) is 0 Å². The Morgan fingerprint density at radius 1 is 1.25 bits per heavy atom. The van der Waals surface area contributed by atoms with Gasteiger partial charge in [-0.1, -0.05) is 0 Å². The molecule has 6 heteroatoms. The van der Waals surface area contributed by atoms with Crippen molar-refractivity contribution in [3.8, 4) is 0 Å². The van der Waals surface area contributed by atoms with E-state index in [1.807, 2.05) is 0 Å². The van der Waals surface area contributed by atoms with Gasteiger partial charge in [-0.2, -0.15) is 0 Å². The predicted molar refractivity (Wildman–Crippen MR) is 96.7 cm³/mol. The number of ether oxygens (including phenoxy) is 1. The molecule has 1 saturated carbocycles. The van der Waals surface area contributed by atoms with E-state index in [1.54, 1.807) is 17.7 Å².